The second kappa shape index (κ2) is 9.13. The topological polar surface area (TPSA) is 24.5 Å². The van der Waals surface area contributed by atoms with Crippen LogP contribution in [0.4, 0.5) is 0 Å². The van der Waals surface area contributed by atoms with Crippen LogP contribution in [0.1, 0.15) is 33.6 Å². The molecule has 0 aromatic heterocycles. The van der Waals surface area contributed by atoms with Gasteiger partial charge in [0, 0.05) is 19.2 Å². The molecule has 0 rings (SSSR count). The Bertz CT molecular complexity index is 138. The van der Waals surface area contributed by atoms with Crippen LogP contribution in [0.5, 0.6) is 0 Å². The zero-order valence-electron chi connectivity index (χ0n) is 11.0. The Balaban J connectivity index is 3.44. The molecule has 0 heterocycles. The standard InChI is InChI=1S/C12H28N2O/c1-6-12(10-13-11(2)3)15-9-7-8-14(4)5/h11-13H,6-10H2,1-5H3. The molecule has 3 nitrogen and oxygen atoms in total. The van der Waals surface area contributed by atoms with Gasteiger partial charge in [-0.05, 0) is 33.5 Å². The second-order valence-corrected chi connectivity index (χ2v) is 4.62. The molecule has 0 radical (unpaired) electrons. The van der Waals surface area contributed by atoms with Crippen molar-refractivity contribution >= 4 is 0 Å². The molecule has 0 aromatic carbocycles. The van der Waals surface area contributed by atoms with Crippen LogP contribution in [-0.2, 0) is 4.74 Å². The highest BCUT2D eigenvalue weighted by Gasteiger charge is 2.06. The van der Waals surface area contributed by atoms with E-state index >= 15 is 0 Å². The highest BCUT2D eigenvalue weighted by Crippen LogP contribution is 1.98. The molecule has 0 saturated heterocycles. The zero-order chi connectivity index (χ0) is 11.7. The smallest absolute Gasteiger partial charge is 0.0696 e. The van der Waals surface area contributed by atoms with Gasteiger partial charge in [-0.1, -0.05) is 20.8 Å². The Morgan fingerprint density at radius 2 is 1.93 bits per heavy atom. The van der Waals surface area contributed by atoms with Gasteiger partial charge in [-0.3, -0.25) is 0 Å². The summed E-state index contributed by atoms with van der Waals surface area (Å²) in [4.78, 5) is 2.19. The lowest BCUT2D eigenvalue weighted by molar-refractivity contribution is 0.0453. The summed E-state index contributed by atoms with van der Waals surface area (Å²) in [6, 6.07) is 0.546. The fraction of sp³-hybridized carbons (Fsp3) is 1.00. The van der Waals surface area contributed by atoms with Gasteiger partial charge < -0.3 is 15.0 Å². The predicted octanol–water partition coefficient (Wildman–Crippen LogP) is 1.73. The van der Waals surface area contributed by atoms with E-state index in [0.29, 0.717) is 12.1 Å². The minimum absolute atomic E-state index is 0.370. The first kappa shape index (κ1) is 14.9. The molecule has 0 amide bonds. The van der Waals surface area contributed by atoms with Crippen LogP contribution in [0.15, 0.2) is 0 Å². The van der Waals surface area contributed by atoms with Crippen molar-refractivity contribution in [1.82, 2.24) is 10.2 Å². The van der Waals surface area contributed by atoms with Gasteiger partial charge in [0.05, 0.1) is 6.10 Å². The first-order chi connectivity index (χ1) is 7.06. The molecule has 92 valence electrons. The van der Waals surface area contributed by atoms with E-state index in [0.717, 1.165) is 32.5 Å². The normalized spacial score (nSPS) is 13.8. The predicted molar refractivity (Wildman–Crippen MR) is 66.3 cm³/mol. The molecular formula is C12H28N2O. The molecule has 0 aliphatic rings. The molecule has 0 aliphatic carbocycles. The van der Waals surface area contributed by atoms with Crippen molar-refractivity contribution in [3.05, 3.63) is 0 Å². The third-order valence-corrected chi connectivity index (χ3v) is 2.31. The lowest BCUT2D eigenvalue weighted by Crippen LogP contribution is -2.33. The van der Waals surface area contributed by atoms with E-state index in [2.05, 4.69) is 45.1 Å². The van der Waals surface area contributed by atoms with Crippen LogP contribution in [0.2, 0.25) is 0 Å². The Labute approximate surface area is 95.2 Å². The van der Waals surface area contributed by atoms with Crippen molar-refractivity contribution in [2.45, 2.75) is 45.8 Å². The number of nitrogens with zero attached hydrogens (tertiary/aromatic N) is 1. The van der Waals surface area contributed by atoms with E-state index in [1.54, 1.807) is 0 Å². The van der Waals surface area contributed by atoms with Gasteiger partial charge in [-0.15, -0.1) is 0 Å². The Hall–Kier alpha value is -0.120. The summed E-state index contributed by atoms with van der Waals surface area (Å²) in [6.07, 6.45) is 2.57. The van der Waals surface area contributed by atoms with Crippen LogP contribution in [-0.4, -0.2) is 50.8 Å². The molecule has 0 saturated carbocycles. The van der Waals surface area contributed by atoms with Crippen molar-refractivity contribution < 1.29 is 4.74 Å². The lowest BCUT2D eigenvalue weighted by Gasteiger charge is -2.19. The third kappa shape index (κ3) is 10.2. The van der Waals surface area contributed by atoms with E-state index in [4.69, 9.17) is 4.74 Å². The maximum atomic E-state index is 5.80. The highest BCUT2D eigenvalue weighted by molar-refractivity contribution is 4.62. The van der Waals surface area contributed by atoms with E-state index in [9.17, 15) is 0 Å². The molecule has 0 spiro atoms. The number of hydrogen-bond donors (Lipinski definition) is 1. The molecule has 1 unspecified atom stereocenters. The molecule has 3 heteroatoms. The van der Waals surface area contributed by atoms with Gasteiger partial charge in [-0.2, -0.15) is 0 Å². The van der Waals surface area contributed by atoms with Crippen molar-refractivity contribution in [2.24, 2.45) is 0 Å². The largest absolute Gasteiger partial charge is 0.377 e. The maximum absolute atomic E-state index is 5.80. The fourth-order valence-electron chi connectivity index (χ4n) is 1.32. The van der Waals surface area contributed by atoms with Crippen molar-refractivity contribution in [1.29, 1.82) is 0 Å². The Kier molecular flexibility index (Phi) is 9.06. The van der Waals surface area contributed by atoms with Crippen molar-refractivity contribution in [2.75, 3.05) is 33.8 Å². The lowest BCUT2D eigenvalue weighted by atomic mass is 10.2. The molecule has 0 aliphatic heterocycles. The average Bonchev–Trinajstić information content (AvgIpc) is 2.16. The molecule has 0 bridgehead atoms. The van der Waals surface area contributed by atoms with Crippen LogP contribution in [0.25, 0.3) is 0 Å². The second-order valence-electron chi connectivity index (χ2n) is 4.62. The molecule has 15 heavy (non-hydrogen) atoms. The molecular weight excluding hydrogens is 188 g/mol. The Morgan fingerprint density at radius 3 is 2.40 bits per heavy atom. The maximum Gasteiger partial charge on any atom is 0.0696 e. The average molecular weight is 216 g/mol. The number of rotatable bonds is 9. The summed E-state index contributed by atoms with van der Waals surface area (Å²) in [6.45, 7) is 9.46. The van der Waals surface area contributed by atoms with Crippen molar-refractivity contribution in [3.63, 3.8) is 0 Å². The first-order valence-electron chi connectivity index (χ1n) is 6.06. The van der Waals surface area contributed by atoms with E-state index in [1.807, 2.05) is 0 Å². The molecule has 0 aromatic rings. The monoisotopic (exact) mass is 216 g/mol. The van der Waals surface area contributed by atoms with Crippen LogP contribution >= 0.6 is 0 Å². The third-order valence-electron chi connectivity index (χ3n) is 2.31. The van der Waals surface area contributed by atoms with Gasteiger partial charge >= 0.3 is 0 Å². The number of hydrogen-bond acceptors (Lipinski definition) is 3. The van der Waals surface area contributed by atoms with Crippen LogP contribution in [0, 0.1) is 0 Å². The summed E-state index contributed by atoms with van der Waals surface area (Å²) in [5, 5.41) is 3.41. The van der Waals surface area contributed by atoms with E-state index in [1.165, 1.54) is 0 Å². The summed E-state index contributed by atoms with van der Waals surface area (Å²) in [5.74, 6) is 0. The van der Waals surface area contributed by atoms with Gasteiger partial charge in [0.15, 0.2) is 0 Å². The van der Waals surface area contributed by atoms with Crippen molar-refractivity contribution in [3.8, 4) is 0 Å². The van der Waals surface area contributed by atoms with Crippen LogP contribution in [0.3, 0.4) is 0 Å². The quantitative estimate of drug-likeness (QED) is 0.594. The molecule has 0 fully saturated rings. The van der Waals surface area contributed by atoms with Crippen LogP contribution < -0.4 is 5.32 Å². The van der Waals surface area contributed by atoms with E-state index in [-0.39, 0.29) is 0 Å². The van der Waals surface area contributed by atoms with E-state index < -0.39 is 0 Å². The summed E-state index contributed by atoms with van der Waals surface area (Å²) in [7, 11) is 4.19. The summed E-state index contributed by atoms with van der Waals surface area (Å²) in [5.41, 5.74) is 0. The number of nitrogens with one attached hydrogen (secondary N) is 1. The van der Waals surface area contributed by atoms with Gasteiger partial charge in [-0.25, -0.2) is 0 Å². The van der Waals surface area contributed by atoms with Gasteiger partial charge in [0.2, 0.25) is 0 Å². The minimum Gasteiger partial charge on any atom is -0.377 e. The molecule has 1 N–H and O–H groups in total. The first-order valence-corrected chi connectivity index (χ1v) is 6.06. The minimum atomic E-state index is 0.370. The zero-order valence-corrected chi connectivity index (χ0v) is 11.0. The summed E-state index contributed by atoms with van der Waals surface area (Å²) >= 11 is 0. The summed E-state index contributed by atoms with van der Waals surface area (Å²) < 4.78 is 5.80. The SMILES string of the molecule is CCC(CNC(C)C)OCCCN(C)C. The molecule has 1 atom stereocenters. The highest BCUT2D eigenvalue weighted by atomic mass is 16.5. The fourth-order valence-corrected chi connectivity index (χ4v) is 1.32. The van der Waals surface area contributed by atoms with Gasteiger partial charge in [0.1, 0.15) is 0 Å². The number of ether oxygens (including phenoxy) is 1. The Morgan fingerprint density at radius 1 is 1.27 bits per heavy atom. The van der Waals surface area contributed by atoms with Gasteiger partial charge in [0.25, 0.3) is 0 Å².